The summed E-state index contributed by atoms with van der Waals surface area (Å²) >= 11 is 1.24. The van der Waals surface area contributed by atoms with Crippen LogP contribution in [0, 0.1) is 0 Å². The summed E-state index contributed by atoms with van der Waals surface area (Å²) in [6.07, 6.45) is 3.18. The van der Waals surface area contributed by atoms with E-state index in [1.165, 1.54) is 26.8 Å². The first-order chi connectivity index (χ1) is 9.61. The molecule has 1 aromatic rings. The molecule has 0 unspecified atom stereocenters. The molecule has 21 heavy (non-hydrogen) atoms. The average Bonchev–Trinajstić information content (AvgIpc) is 3.00. The second-order valence-electron chi connectivity index (χ2n) is 4.18. The second kappa shape index (κ2) is 6.32. The van der Waals surface area contributed by atoms with Gasteiger partial charge in [-0.1, -0.05) is 5.21 Å². The zero-order valence-corrected chi connectivity index (χ0v) is 13.9. The third-order valence-corrected chi connectivity index (χ3v) is 4.01. The number of aliphatic carboxylic acids is 1. The molecule has 1 aromatic heterocycles. The first kappa shape index (κ1) is 16.2. The van der Waals surface area contributed by atoms with Crippen molar-refractivity contribution in [1.29, 1.82) is 0 Å². The van der Waals surface area contributed by atoms with E-state index < -0.39 is 5.97 Å². The monoisotopic (exact) mass is 316 g/mol. The standard InChI is InChI=1S/C11H10N4O4S.Na/c16-2-1-14-4-6(12-13-14)3-7-9(17)15-8(11(18)19)5-20-10(7)15;/h3-5,10,16H,1-2H2,(H,18,19);/q;+1/p-1/b7-3-;/t10-;/m1./s1. The first-order valence-corrected chi connectivity index (χ1v) is 6.69. The zero-order chi connectivity index (χ0) is 14.3. The molecular weight excluding hydrogens is 307 g/mol. The van der Waals surface area contributed by atoms with Crippen molar-refractivity contribution in [3.8, 4) is 0 Å². The number of hydrogen-bond donors (Lipinski definition) is 1. The molecule has 0 radical (unpaired) electrons. The number of carbonyl (C=O) groups excluding carboxylic acids is 2. The smallest absolute Gasteiger partial charge is 0.543 e. The molecule has 0 saturated carbocycles. The number of nitrogens with zero attached hydrogens (tertiary/aromatic N) is 4. The molecule has 1 N–H and O–H groups in total. The molecule has 1 amide bonds. The van der Waals surface area contributed by atoms with Crippen LogP contribution in [0.3, 0.4) is 0 Å². The van der Waals surface area contributed by atoms with E-state index in [9.17, 15) is 14.7 Å². The van der Waals surface area contributed by atoms with Gasteiger partial charge < -0.3 is 15.0 Å². The van der Waals surface area contributed by atoms with E-state index in [2.05, 4.69) is 10.3 Å². The third-order valence-electron chi connectivity index (χ3n) is 2.93. The van der Waals surface area contributed by atoms with Crippen LogP contribution in [-0.2, 0) is 16.1 Å². The maximum Gasteiger partial charge on any atom is 1.00 e. The predicted octanol–water partition coefficient (Wildman–Crippen LogP) is -4.84. The number of aromatic nitrogens is 3. The van der Waals surface area contributed by atoms with Gasteiger partial charge in [0.2, 0.25) is 0 Å². The zero-order valence-electron chi connectivity index (χ0n) is 11.1. The number of thioether (sulfide) groups is 1. The topological polar surface area (TPSA) is 111 Å². The van der Waals surface area contributed by atoms with Crippen LogP contribution in [0.2, 0.25) is 0 Å². The molecule has 0 aromatic carbocycles. The number of carboxylic acids is 1. The van der Waals surface area contributed by atoms with Crippen LogP contribution in [0.1, 0.15) is 5.69 Å². The Morgan fingerprint density at radius 1 is 1.57 bits per heavy atom. The second-order valence-corrected chi connectivity index (χ2v) is 5.14. The van der Waals surface area contributed by atoms with Crippen LogP contribution in [0.15, 0.2) is 22.9 Å². The van der Waals surface area contributed by atoms with Gasteiger partial charge in [0, 0.05) is 0 Å². The van der Waals surface area contributed by atoms with Crippen molar-refractivity contribution in [2.45, 2.75) is 11.9 Å². The Balaban J connectivity index is 0.00000161. The normalized spacial score (nSPS) is 21.7. The maximum absolute atomic E-state index is 11.9. The van der Waals surface area contributed by atoms with Crippen molar-refractivity contribution in [3.63, 3.8) is 0 Å². The van der Waals surface area contributed by atoms with E-state index in [4.69, 9.17) is 5.11 Å². The Bertz CT molecular complexity index is 656. The van der Waals surface area contributed by atoms with Crippen LogP contribution >= 0.6 is 11.8 Å². The Labute approximate surface area is 145 Å². The molecular formula is C11H9N4NaO4S. The van der Waals surface area contributed by atoms with Gasteiger partial charge >= 0.3 is 29.6 Å². The van der Waals surface area contributed by atoms with Gasteiger partial charge in [-0.2, -0.15) is 0 Å². The Morgan fingerprint density at radius 3 is 3.00 bits per heavy atom. The third kappa shape index (κ3) is 2.79. The van der Waals surface area contributed by atoms with Gasteiger partial charge in [0.05, 0.1) is 36.6 Å². The minimum Gasteiger partial charge on any atom is -0.543 e. The molecule has 2 aliphatic heterocycles. The van der Waals surface area contributed by atoms with Crippen LogP contribution in [0.25, 0.3) is 6.08 Å². The molecule has 0 aliphatic carbocycles. The van der Waals surface area contributed by atoms with Crippen LogP contribution < -0.4 is 34.7 Å². The van der Waals surface area contributed by atoms with Crippen molar-refractivity contribution in [3.05, 3.63) is 28.6 Å². The predicted molar refractivity (Wildman–Crippen MR) is 66.4 cm³/mol. The van der Waals surface area contributed by atoms with Gasteiger partial charge in [0.15, 0.2) is 0 Å². The Hall–Kier alpha value is -1.13. The number of carbonyl (C=O) groups is 2. The summed E-state index contributed by atoms with van der Waals surface area (Å²) in [5, 5.41) is 28.3. The molecule has 104 valence electrons. The van der Waals surface area contributed by atoms with E-state index >= 15 is 0 Å². The maximum atomic E-state index is 11.9. The Morgan fingerprint density at radius 2 is 2.33 bits per heavy atom. The van der Waals surface area contributed by atoms with Gasteiger partial charge in [0.25, 0.3) is 5.91 Å². The summed E-state index contributed by atoms with van der Waals surface area (Å²) in [7, 11) is 0. The molecule has 10 heteroatoms. The van der Waals surface area contributed by atoms with Gasteiger partial charge in [0.1, 0.15) is 11.1 Å². The fraction of sp³-hybridized carbons (Fsp3) is 0.273. The number of hydrogen-bond acceptors (Lipinski definition) is 7. The van der Waals surface area contributed by atoms with Gasteiger partial charge in [-0.05, 0) is 11.5 Å². The van der Waals surface area contributed by atoms with E-state index in [1.54, 1.807) is 12.3 Å². The fourth-order valence-corrected chi connectivity index (χ4v) is 3.12. The number of aliphatic hydroxyl groups is 1. The van der Waals surface area contributed by atoms with E-state index in [0.29, 0.717) is 17.8 Å². The van der Waals surface area contributed by atoms with Crippen molar-refractivity contribution in [2.24, 2.45) is 0 Å². The van der Waals surface area contributed by atoms with Crippen molar-refractivity contribution >= 4 is 29.7 Å². The number of β-lactam (4-membered cyclic amide) rings is 1. The van der Waals surface area contributed by atoms with Crippen molar-refractivity contribution in [1.82, 2.24) is 19.9 Å². The largest absolute Gasteiger partial charge is 1.00 e. The minimum absolute atomic E-state index is 0. The molecule has 1 atom stereocenters. The molecule has 1 saturated heterocycles. The summed E-state index contributed by atoms with van der Waals surface area (Å²) in [6, 6.07) is 0. The molecule has 1 fully saturated rings. The minimum atomic E-state index is -1.36. The van der Waals surface area contributed by atoms with E-state index in [1.807, 2.05) is 0 Å². The molecule has 8 nitrogen and oxygen atoms in total. The van der Waals surface area contributed by atoms with Gasteiger partial charge in [-0.25, -0.2) is 4.68 Å². The number of rotatable bonds is 4. The summed E-state index contributed by atoms with van der Waals surface area (Å²) in [6.45, 7) is 0.272. The first-order valence-electron chi connectivity index (χ1n) is 5.75. The van der Waals surface area contributed by atoms with Crippen LogP contribution in [-0.4, -0.2) is 48.9 Å². The summed E-state index contributed by atoms with van der Waals surface area (Å²) in [4.78, 5) is 23.9. The molecule has 3 heterocycles. The quantitative estimate of drug-likeness (QED) is 0.337. The van der Waals surface area contributed by atoms with Crippen molar-refractivity contribution in [2.75, 3.05) is 6.61 Å². The molecule has 0 bridgehead atoms. The van der Waals surface area contributed by atoms with Crippen molar-refractivity contribution < 1.29 is 49.4 Å². The van der Waals surface area contributed by atoms with Gasteiger partial charge in [-0.15, -0.1) is 16.9 Å². The summed E-state index contributed by atoms with van der Waals surface area (Å²) in [5.74, 6) is -1.73. The number of amides is 1. The van der Waals surface area contributed by atoms with Crippen LogP contribution in [0.5, 0.6) is 0 Å². The van der Waals surface area contributed by atoms with Gasteiger partial charge in [-0.3, -0.25) is 9.69 Å². The SMILES string of the molecule is O=C([O-])C1=CS[C@@H]2/C(=C\c3cn(CCO)nn3)C(=O)N12.[Na+]. The Kier molecular flexibility index (Phi) is 4.89. The van der Waals surface area contributed by atoms with E-state index in [-0.39, 0.29) is 53.1 Å². The molecule has 0 spiro atoms. The number of carboxylic acid groups (broad SMARTS) is 1. The summed E-state index contributed by atoms with van der Waals surface area (Å²) < 4.78 is 1.46. The summed E-state index contributed by atoms with van der Waals surface area (Å²) in [5.41, 5.74) is 0.855. The number of aliphatic hydroxyl groups excluding tert-OH is 1. The van der Waals surface area contributed by atoms with Crippen LogP contribution in [0.4, 0.5) is 0 Å². The average molecular weight is 316 g/mol. The van der Waals surface area contributed by atoms with E-state index in [0.717, 1.165) is 0 Å². The molecule has 2 aliphatic rings. The fourth-order valence-electron chi connectivity index (χ4n) is 2.01. The molecule has 3 rings (SSSR count). The number of fused-ring (bicyclic) bond motifs is 1.